The highest BCUT2D eigenvalue weighted by Crippen LogP contribution is 2.30. The van der Waals surface area contributed by atoms with Gasteiger partial charge in [0.2, 0.25) is 5.91 Å². The lowest BCUT2D eigenvalue weighted by molar-refractivity contribution is -0.137. The van der Waals surface area contributed by atoms with Crippen LogP contribution in [0.2, 0.25) is 0 Å². The molecule has 0 aliphatic carbocycles. The van der Waals surface area contributed by atoms with E-state index in [0.29, 0.717) is 17.3 Å². The molecule has 21 heavy (non-hydrogen) atoms. The number of hydrogen-bond acceptors (Lipinski definition) is 3. The lowest BCUT2D eigenvalue weighted by atomic mass is 10.2. The largest absolute Gasteiger partial charge is 0.445 e. The fourth-order valence-corrected chi connectivity index (χ4v) is 1.86. The summed E-state index contributed by atoms with van der Waals surface area (Å²) >= 11 is 0. The Bertz CT molecular complexity index is 662. The Labute approximate surface area is 119 Å². The standard InChI is InChI=1S/C14H13F3N2O2/c1-8-12(21-9(2)18-8)7-13(20)19-11-5-3-4-10(6-11)14(15,16)17/h3-6H,7H2,1-2H3,(H,19,20). The van der Waals surface area contributed by atoms with Crippen LogP contribution in [0.25, 0.3) is 0 Å². The number of nitrogens with zero attached hydrogens (tertiary/aromatic N) is 1. The van der Waals surface area contributed by atoms with Crippen molar-refractivity contribution < 1.29 is 22.4 Å². The van der Waals surface area contributed by atoms with E-state index in [-0.39, 0.29) is 12.1 Å². The average Bonchev–Trinajstić information content (AvgIpc) is 2.67. The molecule has 0 radical (unpaired) electrons. The first-order valence-corrected chi connectivity index (χ1v) is 6.16. The van der Waals surface area contributed by atoms with Gasteiger partial charge in [-0.2, -0.15) is 13.2 Å². The van der Waals surface area contributed by atoms with E-state index in [1.54, 1.807) is 13.8 Å². The van der Waals surface area contributed by atoms with Crippen LogP contribution in [0, 0.1) is 13.8 Å². The minimum absolute atomic E-state index is 0.0804. The first-order valence-electron chi connectivity index (χ1n) is 6.16. The Kier molecular flexibility index (Phi) is 4.02. The molecular formula is C14H13F3N2O2. The van der Waals surface area contributed by atoms with E-state index in [2.05, 4.69) is 10.3 Å². The number of amides is 1. The number of aromatic nitrogens is 1. The van der Waals surface area contributed by atoms with Gasteiger partial charge in [0.1, 0.15) is 5.76 Å². The molecule has 1 heterocycles. The third-order valence-corrected chi connectivity index (χ3v) is 2.79. The fraction of sp³-hybridized carbons (Fsp3) is 0.286. The Hall–Kier alpha value is -2.31. The summed E-state index contributed by atoms with van der Waals surface area (Å²) in [5.74, 6) is 0.375. The van der Waals surface area contributed by atoms with Gasteiger partial charge in [-0.3, -0.25) is 4.79 Å². The minimum atomic E-state index is -4.45. The van der Waals surface area contributed by atoms with Crippen LogP contribution >= 0.6 is 0 Å². The van der Waals surface area contributed by atoms with Crippen LogP contribution in [0.15, 0.2) is 28.7 Å². The van der Waals surface area contributed by atoms with Crippen molar-refractivity contribution >= 4 is 11.6 Å². The summed E-state index contributed by atoms with van der Waals surface area (Å²) in [6.45, 7) is 3.35. The first kappa shape index (κ1) is 15.1. The molecule has 0 atom stereocenters. The minimum Gasteiger partial charge on any atom is -0.445 e. The Morgan fingerprint density at radius 1 is 1.33 bits per heavy atom. The molecule has 0 saturated carbocycles. The van der Waals surface area contributed by atoms with E-state index in [9.17, 15) is 18.0 Å². The quantitative estimate of drug-likeness (QED) is 0.943. The molecular weight excluding hydrogens is 285 g/mol. The highest BCUT2D eigenvalue weighted by atomic mass is 19.4. The number of benzene rings is 1. The van der Waals surface area contributed by atoms with Crippen molar-refractivity contribution in [2.75, 3.05) is 5.32 Å². The summed E-state index contributed by atoms with van der Waals surface area (Å²) in [4.78, 5) is 15.8. The van der Waals surface area contributed by atoms with Crippen LogP contribution < -0.4 is 5.32 Å². The van der Waals surface area contributed by atoms with E-state index >= 15 is 0 Å². The van der Waals surface area contributed by atoms with Crippen molar-refractivity contribution in [3.63, 3.8) is 0 Å². The first-order chi connectivity index (χ1) is 9.75. The number of rotatable bonds is 3. The number of aryl methyl sites for hydroxylation is 2. The van der Waals surface area contributed by atoms with Gasteiger partial charge in [-0.25, -0.2) is 4.98 Å². The summed E-state index contributed by atoms with van der Waals surface area (Å²) in [6.07, 6.45) is -4.53. The average molecular weight is 298 g/mol. The topological polar surface area (TPSA) is 55.1 Å². The maximum Gasteiger partial charge on any atom is 0.416 e. The predicted octanol–water partition coefficient (Wildman–Crippen LogP) is 3.49. The van der Waals surface area contributed by atoms with Crippen molar-refractivity contribution in [3.05, 3.63) is 47.2 Å². The molecule has 0 aliphatic heterocycles. The lowest BCUT2D eigenvalue weighted by Gasteiger charge is -2.09. The van der Waals surface area contributed by atoms with Crippen LogP contribution in [-0.2, 0) is 17.4 Å². The summed E-state index contributed by atoms with van der Waals surface area (Å²) in [5.41, 5.74) is -0.137. The summed E-state index contributed by atoms with van der Waals surface area (Å²) in [6, 6.07) is 4.46. The normalized spacial score (nSPS) is 11.5. The number of alkyl halides is 3. The molecule has 0 fully saturated rings. The molecule has 7 heteroatoms. The molecule has 4 nitrogen and oxygen atoms in total. The fourth-order valence-electron chi connectivity index (χ4n) is 1.86. The Morgan fingerprint density at radius 3 is 2.62 bits per heavy atom. The van der Waals surface area contributed by atoms with Crippen molar-refractivity contribution in [3.8, 4) is 0 Å². The van der Waals surface area contributed by atoms with Crippen molar-refractivity contribution in [1.29, 1.82) is 0 Å². The predicted molar refractivity (Wildman–Crippen MR) is 69.8 cm³/mol. The highest BCUT2D eigenvalue weighted by Gasteiger charge is 2.30. The van der Waals surface area contributed by atoms with E-state index in [1.165, 1.54) is 12.1 Å². The second-order valence-electron chi connectivity index (χ2n) is 4.54. The maximum atomic E-state index is 12.6. The number of anilines is 1. The number of nitrogens with one attached hydrogen (secondary N) is 1. The second kappa shape index (κ2) is 5.59. The number of carbonyl (C=O) groups is 1. The summed E-state index contributed by atoms with van der Waals surface area (Å²) in [7, 11) is 0. The van der Waals surface area contributed by atoms with Gasteiger partial charge in [-0.05, 0) is 25.1 Å². The van der Waals surface area contributed by atoms with Crippen LogP contribution in [0.3, 0.4) is 0 Å². The third-order valence-electron chi connectivity index (χ3n) is 2.79. The van der Waals surface area contributed by atoms with Crippen LogP contribution in [0.4, 0.5) is 18.9 Å². The number of carbonyl (C=O) groups excluding carboxylic acids is 1. The number of halogens is 3. The molecule has 0 saturated heterocycles. The van der Waals surface area contributed by atoms with Gasteiger partial charge >= 0.3 is 6.18 Å². The zero-order chi connectivity index (χ0) is 15.6. The molecule has 0 spiro atoms. The van der Waals surface area contributed by atoms with Gasteiger partial charge in [0.15, 0.2) is 5.89 Å². The Morgan fingerprint density at radius 2 is 2.05 bits per heavy atom. The van der Waals surface area contributed by atoms with Gasteiger partial charge in [0.05, 0.1) is 17.7 Å². The highest BCUT2D eigenvalue weighted by molar-refractivity contribution is 5.92. The number of oxazole rings is 1. The van der Waals surface area contributed by atoms with Gasteiger partial charge in [-0.1, -0.05) is 6.07 Å². The van der Waals surface area contributed by atoms with Crippen LogP contribution in [0.1, 0.15) is 22.9 Å². The van der Waals surface area contributed by atoms with E-state index in [1.807, 2.05) is 0 Å². The lowest BCUT2D eigenvalue weighted by Crippen LogP contribution is -2.15. The van der Waals surface area contributed by atoms with Gasteiger partial charge in [0, 0.05) is 12.6 Å². The monoisotopic (exact) mass is 298 g/mol. The molecule has 0 unspecified atom stereocenters. The smallest absolute Gasteiger partial charge is 0.416 e. The molecule has 1 aromatic heterocycles. The molecule has 2 aromatic rings. The molecule has 0 bridgehead atoms. The third kappa shape index (κ3) is 3.84. The molecule has 1 amide bonds. The van der Waals surface area contributed by atoms with Crippen LogP contribution in [-0.4, -0.2) is 10.9 Å². The zero-order valence-corrected chi connectivity index (χ0v) is 11.4. The van der Waals surface area contributed by atoms with Gasteiger partial charge in [-0.15, -0.1) is 0 Å². The summed E-state index contributed by atoms with van der Waals surface area (Å²) in [5, 5.41) is 2.41. The van der Waals surface area contributed by atoms with E-state index in [0.717, 1.165) is 12.1 Å². The second-order valence-corrected chi connectivity index (χ2v) is 4.54. The SMILES string of the molecule is Cc1nc(C)c(CC(=O)Nc2cccc(C(F)(F)F)c2)o1. The van der Waals surface area contributed by atoms with Crippen molar-refractivity contribution in [2.24, 2.45) is 0 Å². The molecule has 2 rings (SSSR count). The maximum absolute atomic E-state index is 12.6. The van der Waals surface area contributed by atoms with Crippen molar-refractivity contribution in [1.82, 2.24) is 4.98 Å². The molecule has 1 aromatic carbocycles. The molecule has 112 valence electrons. The molecule has 1 N–H and O–H groups in total. The van der Waals surface area contributed by atoms with E-state index in [4.69, 9.17) is 4.42 Å². The van der Waals surface area contributed by atoms with Crippen LogP contribution in [0.5, 0.6) is 0 Å². The van der Waals surface area contributed by atoms with Gasteiger partial charge in [0.25, 0.3) is 0 Å². The van der Waals surface area contributed by atoms with E-state index < -0.39 is 17.6 Å². The zero-order valence-electron chi connectivity index (χ0n) is 11.4. The van der Waals surface area contributed by atoms with Gasteiger partial charge < -0.3 is 9.73 Å². The number of hydrogen-bond donors (Lipinski definition) is 1. The molecule has 0 aliphatic rings. The van der Waals surface area contributed by atoms with Crippen molar-refractivity contribution in [2.45, 2.75) is 26.4 Å². The summed E-state index contributed by atoms with van der Waals surface area (Å²) < 4.78 is 43.0. The Balaban J connectivity index is 2.08.